The molecule has 2 heterocycles. The summed E-state index contributed by atoms with van der Waals surface area (Å²) in [6.07, 6.45) is 6.84. The number of benzene rings is 2. The fourth-order valence-corrected chi connectivity index (χ4v) is 2.95. The summed E-state index contributed by atoms with van der Waals surface area (Å²) in [5, 5.41) is 0.729. The first-order chi connectivity index (χ1) is 11.2. The Morgan fingerprint density at radius 3 is 2.70 bits per heavy atom. The second-order valence-electron chi connectivity index (χ2n) is 5.37. The van der Waals surface area contributed by atoms with Gasteiger partial charge in [-0.3, -0.25) is 0 Å². The van der Waals surface area contributed by atoms with Crippen molar-refractivity contribution in [1.82, 2.24) is 14.5 Å². The van der Waals surface area contributed by atoms with Gasteiger partial charge in [0.05, 0.1) is 12.4 Å². The minimum absolute atomic E-state index is 0.308. The Morgan fingerprint density at radius 2 is 1.91 bits per heavy atom. The number of hydrogen-bond acceptors (Lipinski definition) is 1. The van der Waals surface area contributed by atoms with E-state index in [9.17, 15) is 8.78 Å². The molecule has 0 spiro atoms. The summed E-state index contributed by atoms with van der Waals surface area (Å²) in [7, 11) is 0. The largest absolute Gasteiger partial charge is 0.361 e. The molecule has 5 heteroatoms. The van der Waals surface area contributed by atoms with Crippen LogP contribution in [0.4, 0.5) is 8.78 Å². The molecule has 3 nitrogen and oxygen atoms in total. The van der Waals surface area contributed by atoms with E-state index < -0.39 is 6.04 Å². The second kappa shape index (κ2) is 5.35. The summed E-state index contributed by atoms with van der Waals surface area (Å²) >= 11 is 0. The molecule has 0 aliphatic heterocycles. The maximum atomic E-state index is 14.4. The quantitative estimate of drug-likeness (QED) is 0.602. The van der Waals surface area contributed by atoms with Crippen LogP contribution in [-0.2, 0) is 0 Å². The highest BCUT2D eigenvalue weighted by Crippen LogP contribution is 2.33. The molecule has 0 amide bonds. The lowest BCUT2D eigenvalue weighted by Crippen LogP contribution is -2.12. The van der Waals surface area contributed by atoms with E-state index >= 15 is 0 Å². The zero-order valence-electron chi connectivity index (χ0n) is 12.1. The Kier molecular flexibility index (Phi) is 3.19. The van der Waals surface area contributed by atoms with Gasteiger partial charge in [-0.2, -0.15) is 0 Å². The Balaban J connectivity index is 1.98. The maximum Gasteiger partial charge on any atom is 0.128 e. The van der Waals surface area contributed by atoms with Crippen LogP contribution in [0.1, 0.15) is 17.2 Å². The number of imidazole rings is 1. The van der Waals surface area contributed by atoms with Crippen molar-refractivity contribution in [2.24, 2.45) is 0 Å². The predicted molar refractivity (Wildman–Crippen MR) is 84.1 cm³/mol. The summed E-state index contributed by atoms with van der Waals surface area (Å²) in [6.45, 7) is 0. The number of aromatic nitrogens is 3. The molecule has 0 radical (unpaired) electrons. The SMILES string of the molecule is Fc1ccc2[nH]cc(C(c3ccccc3F)n3ccnc3)c2c1. The molecule has 114 valence electrons. The zero-order chi connectivity index (χ0) is 15.8. The lowest BCUT2D eigenvalue weighted by atomic mass is 9.97. The van der Waals surface area contributed by atoms with Gasteiger partial charge in [0.1, 0.15) is 11.6 Å². The number of H-pyrrole nitrogens is 1. The molecule has 4 rings (SSSR count). The van der Waals surface area contributed by atoms with Gasteiger partial charge in [-0.15, -0.1) is 0 Å². The van der Waals surface area contributed by atoms with Gasteiger partial charge in [-0.05, 0) is 24.3 Å². The van der Waals surface area contributed by atoms with E-state index in [2.05, 4.69) is 9.97 Å². The van der Waals surface area contributed by atoms with Crippen molar-refractivity contribution in [2.75, 3.05) is 0 Å². The summed E-state index contributed by atoms with van der Waals surface area (Å²) in [5.74, 6) is -0.631. The highest BCUT2D eigenvalue weighted by atomic mass is 19.1. The minimum Gasteiger partial charge on any atom is -0.361 e. The number of nitrogens with zero attached hydrogens (tertiary/aromatic N) is 2. The van der Waals surface area contributed by atoms with Gasteiger partial charge in [-0.1, -0.05) is 18.2 Å². The van der Waals surface area contributed by atoms with Gasteiger partial charge in [0, 0.05) is 40.6 Å². The standard InChI is InChI=1S/C18H13F2N3/c19-12-5-6-17-14(9-12)15(10-22-17)18(23-8-7-21-11-23)13-3-1-2-4-16(13)20/h1-11,18,22H. The van der Waals surface area contributed by atoms with Gasteiger partial charge in [-0.25, -0.2) is 13.8 Å². The third-order valence-corrected chi connectivity index (χ3v) is 3.99. The van der Waals surface area contributed by atoms with Crippen molar-refractivity contribution in [3.05, 3.63) is 90.1 Å². The normalized spacial score (nSPS) is 12.6. The first-order valence-corrected chi connectivity index (χ1v) is 7.22. The van der Waals surface area contributed by atoms with Crippen molar-refractivity contribution in [3.63, 3.8) is 0 Å². The zero-order valence-corrected chi connectivity index (χ0v) is 12.1. The fraction of sp³-hybridized carbons (Fsp3) is 0.0556. The van der Waals surface area contributed by atoms with Crippen molar-refractivity contribution in [1.29, 1.82) is 0 Å². The lowest BCUT2D eigenvalue weighted by molar-refractivity contribution is 0.573. The van der Waals surface area contributed by atoms with Crippen molar-refractivity contribution >= 4 is 10.9 Å². The van der Waals surface area contributed by atoms with E-state index in [1.807, 2.05) is 4.57 Å². The van der Waals surface area contributed by atoms with E-state index in [1.54, 1.807) is 49.2 Å². The van der Waals surface area contributed by atoms with Crippen LogP contribution in [0.5, 0.6) is 0 Å². The Morgan fingerprint density at radius 1 is 1.04 bits per heavy atom. The molecule has 2 aromatic heterocycles. The van der Waals surface area contributed by atoms with E-state index in [0.29, 0.717) is 5.56 Å². The highest BCUT2D eigenvalue weighted by molar-refractivity contribution is 5.84. The van der Waals surface area contributed by atoms with E-state index in [4.69, 9.17) is 0 Å². The van der Waals surface area contributed by atoms with E-state index in [-0.39, 0.29) is 11.6 Å². The van der Waals surface area contributed by atoms with Gasteiger partial charge >= 0.3 is 0 Å². The third kappa shape index (κ3) is 2.30. The maximum absolute atomic E-state index is 14.4. The summed E-state index contributed by atoms with van der Waals surface area (Å²) in [5.41, 5.74) is 2.11. The molecule has 0 aliphatic carbocycles. The molecule has 0 aliphatic rings. The van der Waals surface area contributed by atoms with Crippen LogP contribution >= 0.6 is 0 Å². The van der Waals surface area contributed by atoms with Crippen LogP contribution in [0.2, 0.25) is 0 Å². The molecule has 1 unspecified atom stereocenters. The topological polar surface area (TPSA) is 33.6 Å². The molecule has 1 atom stereocenters. The number of aromatic amines is 1. The molecule has 23 heavy (non-hydrogen) atoms. The first kappa shape index (κ1) is 13.7. The van der Waals surface area contributed by atoms with Crippen LogP contribution in [0.3, 0.4) is 0 Å². The van der Waals surface area contributed by atoms with Crippen LogP contribution in [0, 0.1) is 11.6 Å². The van der Waals surface area contributed by atoms with Crippen molar-refractivity contribution < 1.29 is 8.78 Å². The van der Waals surface area contributed by atoms with Crippen LogP contribution < -0.4 is 0 Å². The first-order valence-electron chi connectivity index (χ1n) is 7.22. The molecule has 0 bridgehead atoms. The predicted octanol–water partition coefficient (Wildman–Crippen LogP) is 4.28. The molecular weight excluding hydrogens is 296 g/mol. The molecule has 0 saturated heterocycles. The Hall–Kier alpha value is -2.95. The summed E-state index contributed by atoms with van der Waals surface area (Å²) in [6, 6.07) is 10.7. The lowest BCUT2D eigenvalue weighted by Gasteiger charge is -2.19. The number of rotatable bonds is 3. The van der Waals surface area contributed by atoms with Gasteiger partial charge in [0.2, 0.25) is 0 Å². The Bertz CT molecular complexity index is 957. The minimum atomic E-state index is -0.422. The average molecular weight is 309 g/mol. The van der Waals surface area contributed by atoms with Crippen molar-refractivity contribution in [3.8, 4) is 0 Å². The monoisotopic (exact) mass is 309 g/mol. The smallest absolute Gasteiger partial charge is 0.128 e. The number of fused-ring (bicyclic) bond motifs is 1. The second-order valence-corrected chi connectivity index (χ2v) is 5.37. The van der Waals surface area contributed by atoms with Crippen molar-refractivity contribution in [2.45, 2.75) is 6.04 Å². The van der Waals surface area contributed by atoms with Gasteiger partial charge in [0.15, 0.2) is 0 Å². The van der Waals surface area contributed by atoms with E-state index in [1.165, 1.54) is 18.2 Å². The van der Waals surface area contributed by atoms with E-state index in [0.717, 1.165) is 16.5 Å². The van der Waals surface area contributed by atoms with Gasteiger partial charge < -0.3 is 9.55 Å². The fourth-order valence-electron chi connectivity index (χ4n) is 2.95. The number of hydrogen-bond donors (Lipinski definition) is 1. The molecule has 0 fully saturated rings. The van der Waals surface area contributed by atoms with Crippen LogP contribution in [0.25, 0.3) is 10.9 Å². The third-order valence-electron chi connectivity index (χ3n) is 3.99. The summed E-state index contributed by atoms with van der Waals surface area (Å²) in [4.78, 5) is 7.19. The molecule has 2 aromatic carbocycles. The summed E-state index contributed by atoms with van der Waals surface area (Å²) < 4.78 is 29.9. The molecule has 1 N–H and O–H groups in total. The van der Waals surface area contributed by atoms with Gasteiger partial charge in [0.25, 0.3) is 0 Å². The highest BCUT2D eigenvalue weighted by Gasteiger charge is 2.22. The van der Waals surface area contributed by atoms with Crippen LogP contribution in [0.15, 0.2) is 67.4 Å². The number of nitrogens with one attached hydrogen (secondary N) is 1. The molecular formula is C18H13F2N3. The molecule has 0 saturated carbocycles. The molecule has 4 aromatic rings. The number of halogens is 2. The Labute approximate surface area is 131 Å². The average Bonchev–Trinajstić information content (AvgIpc) is 3.20. The van der Waals surface area contributed by atoms with Crippen LogP contribution in [-0.4, -0.2) is 14.5 Å².